The van der Waals surface area contributed by atoms with Crippen LogP contribution in [0, 0.1) is 34.5 Å². The van der Waals surface area contributed by atoms with Gasteiger partial charge in [-0.2, -0.15) is 16.8 Å². The first-order valence-corrected chi connectivity index (χ1v) is 14.3. The second-order valence-electron chi connectivity index (χ2n) is 10.0. The molecule has 2 unspecified atom stereocenters. The van der Waals surface area contributed by atoms with Gasteiger partial charge in [0.2, 0.25) is 0 Å². The van der Waals surface area contributed by atoms with Gasteiger partial charge in [-0.05, 0) is 35.8 Å². The molecule has 176 valence electrons. The molecule has 0 radical (unpaired) electrons. The highest BCUT2D eigenvalue weighted by molar-refractivity contribution is 7.86. The molecule has 2 bridgehead atoms. The van der Waals surface area contributed by atoms with Gasteiger partial charge in [-0.25, -0.2) is 23.5 Å². The number of benzene rings is 1. The number of para-hydroxylation sites is 1. The Bertz CT molecular complexity index is 1480. The summed E-state index contributed by atoms with van der Waals surface area (Å²) in [7, 11) is -7.54. The molecule has 2 aromatic rings. The van der Waals surface area contributed by atoms with Crippen molar-refractivity contribution in [1.29, 1.82) is 0 Å². The first-order chi connectivity index (χ1) is 15.5. The third kappa shape index (κ3) is 2.09. The maximum absolute atomic E-state index is 13.5. The Hall–Kier alpha value is -2.22. The van der Waals surface area contributed by atoms with Crippen LogP contribution in [0.1, 0.15) is 12.1 Å². The van der Waals surface area contributed by atoms with Crippen molar-refractivity contribution in [2.45, 2.75) is 12.1 Å². The summed E-state index contributed by atoms with van der Waals surface area (Å²) in [6, 6.07) is 7.71. The number of nitrogens with zero attached hydrogens (tertiary/aromatic N) is 3. The van der Waals surface area contributed by atoms with Crippen LogP contribution < -0.4 is 11.4 Å². The van der Waals surface area contributed by atoms with Crippen LogP contribution in [-0.4, -0.2) is 56.5 Å². The summed E-state index contributed by atoms with van der Waals surface area (Å²) in [6.07, 6.45) is 1.93. The summed E-state index contributed by atoms with van der Waals surface area (Å²) < 4.78 is 62.1. The topological polar surface area (TPSA) is 136 Å². The zero-order valence-corrected chi connectivity index (χ0v) is 19.3. The molecule has 11 nitrogen and oxygen atoms in total. The molecule has 4 aliphatic carbocycles. The van der Waals surface area contributed by atoms with Crippen LogP contribution in [0.15, 0.2) is 39.9 Å². The highest BCUT2D eigenvalue weighted by Gasteiger charge is 3.03. The van der Waals surface area contributed by atoms with Crippen LogP contribution in [-0.2, 0) is 28.6 Å². The van der Waals surface area contributed by atoms with Gasteiger partial charge in [0.25, 0.3) is 20.2 Å². The molecule has 33 heavy (non-hydrogen) atoms. The van der Waals surface area contributed by atoms with Gasteiger partial charge in [0.1, 0.15) is 0 Å². The molecule has 0 saturated heterocycles. The van der Waals surface area contributed by atoms with Gasteiger partial charge >= 0.3 is 11.4 Å². The summed E-state index contributed by atoms with van der Waals surface area (Å²) in [4.78, 5) is 27.1. The Balaban J connectivity index is 1.44. The molecule has 3 heterocycles. The van der Waals surface area contributed by atoms with E-state index in [1.807, 2.05) is 0 Å². The Morgan fingerprint density at radius 1 is 0.788 bits per heavy atom. The second kappa shape index (κ2) is 5.53. The molecule has 2 aliphatic heterocycles. The lowest BCUT2D eigenvalue weighted by atomic mass is 9.72. The van der Waals surface area contributed by atoms with Gasteiger partial charge in [0.05, 0.1) is 43.5 Å². The fourth-order valence-corrected chi connectivity index (χ4v) is 9.03. The van der Waals surface area contributed by atoms with Crippen molar-refractivity contribution < 1.29 is 25.2 Å². The van der Waals surface area contributed by atoms with E-state index in [-0.39, 0.29) is 36.9 Å². The van der Waals surface area contributed by atoms with Crippen molar-refractivity contribution in [2.75, 3.05) is 25.7 Å². The van der Waals surface area contributed by atoms with Gasteiger partial charge in [-0.1, -0.05) is 18.2 Å². The predicted molar refractivity (Wildman–Crippen MR) is 113 cm³/mol. The standard InChI is InChI=1S/C20H21N3O8S2/c1-32(26,27)30-8-19-14-11-12-13(11)16(20(14,19)9-31-33(2,28)29)23-18(25)21(10-6-4-3-5-7-10)17(24)22(23)15(12)19/h3-7,11-16H,8-9H2,1-2H3/t11?,12-,13+,14?,15-,16-,19+,20-/m0/s1. The van der Waals surface area contributed by atoms with Crippen LogP contribution in [0.25, 0.3) is 5.69 Å². The SMILES string of the molecule is CS(=O)(=O)OC[C@]12C3C4[C@@H]5[C@H]4[C@H](n4c(=O)n(-c6ccccc6)c(=O)n4[C@@H]51)[C@@]32COS(C)(=O)=O. The van der Waals surface area contributed by atoms with Crippen molar-refractivity contribution in [3.8, 4) is 5.69 Å². The quantitative estimate of drug-likeness (QED) is 0.462. The Morgan fingerprint density at radius 2 is 1.24 bits per heavy atom. The largest absolute Gasteiger partial charge is 0.352 e. The van der Waals surface area contributed by atoms with E-state index in [2.05, 4.69) is 0 Å². The molecule has 6 aliphatic rings. The minimum absolute atomic E-state index is 0.0603. The molecule has 4 saturated carbocycles. The second-order valence-corrected chi connectivity index (χ2v) is 13.3. The minimum atomic E-state index is -3.77. The zero-order chi connectivity index (χ0) is 23.3. The molecular weight excluding hydrogens is 474 g/mol. The van der Waals surface area contributed by atoms with E-state index >= 15 is 0 Å². The highest BCUT2D eigenvalue weighted by Crippen LogP contribution is 3.02. The van der Waals surface area contributed by atoms with Crippen molar-refractivity contribution in [1.82, 2.24) is 13.9 Å². The first-order valence-electron chi connectivity index (χ1n) is 10.7. The zero-order valence-electron chi connectivity index (χ0n) is 17.7. The summed E-state index contributed by atoms with van der Waals surface area (Å²) in [6.45, 7) is -0.330. The average Bonchev–Trinajstić information content (AvgIpc) is 3.48. The minimum Gasteiger partial charge on any atom is -0.270 e. The first kappa shape index (κ1) is 20.2. The molecule has 0 spiro atoms. The molecule has 8 atom stereocenters. The van der Waals surface area contributed by atoms with Crippen LogP contribution in [0.4, 0.5) is 0 Å². The lowest BCUT2D eigenvalue weighted by Gasteiger charge is -2.47. The van der Waals surface area contributed by atoms with Crippen molar-refractivity contribution >= 4 is 20.2 Å². The summed E-state index contributed by atoms with van der Waals surface area (Å²) >= 11 is 0. The normalized spacial score (nSPS) is 40.7. The number of hydrogen-bond acceptors (Lipinski definition) is 8. The maximum Gasteiger partial charge on any atom is 0.352 e. The average molecular weight is 496 g/mol. The van der Waals surface area contributed by atoms with Crippen molar-refractivity contribution in [2.24, 2.45) is 34.5 Å². The van der Waals surface area contributed by atoms with Crippen LogP contribution >= 0.6 is 0 Å². The Morgan fingerprint density at radius 3 is 1.67 bits per heavy atom. The Kier molecular flexibility index (Phi) is 3.38. The molecule has 1 aromatic carbocycles. The van der Waals surface area contributed by atoms with E-state index in [0.29, 0.717) is 5.69 Å². The van der Waals surface area contributed by atoms with Crippen LogP contribution in [0.2, 0.25) is 0 Å². The van der Waals surface area contributed by atoms with Gasteiger partial charge in [0.15, 0.2) is 0 Å². The van der Waals surface area contributed by atoms with Gasteiger partial charge < -0.3 is 0 Å². The molecular formula is C20H21N3O8S2. The van der Waals surface area contributed by atoms with Gasteiger partial charge in [-0.3, -0.25) is 8.37 Å². The van der Waals surface area contributed by atoms with Crippen LogP contribution in [0.5, 0.6) is 0 Å². The lowest BCUT2D eigenvalue weighted by molar-refractivity contribution is -0.0383. The van der Waals surface area contributed by atoms with Gasteiger partial charge in [0, 0.05) is 10.8 Å². The number of rotatable bonds is 7. The third-order valence-electron chi connectivity index (χ3n) is 8.83. The molecule has 0 N–H and O–H groups in total. The highest BCUT2D eigenvalue weighted by atomic mass is 32.2. The van der Waals surface area contributed by atoms with E-state index < -0.39 is 54.5 Å². The predicted octanol–water partition coefficient (Wildman–Crippen LogP) is -0.659. The van der Waals surface area contributed by atoms with Gasteiger partial charge in [-0.15, -0.1) is 0 Å². The summed E-state index contributed by atoms with van der Waals surface area (Å²) in [5, 5.41) is 0. The van der Waals surface area contributed by atoms with E-state index in [1.54, 1.807) is 30.3 Å². The maximum atomic E-state index is 13.5. The molecule has 4 fully saturated rings. The van der Waals surface area contributed by atoms with Crippen molar-refractivity contribution in [3.63, 3.8) is 0 Å². The number of aromatic nitrogens is 3. The molecule has 8 rings (SSSR count). The fraction of sp³-hybridized carbons (Fsp3) is 0.600. The number of hydrogen-bond donors (Lipinski definition) is 0. The van der Waals surface area contributed by atoms with E-state index in [0.717, 1.165) is 17.1 Å². The van der Waals surface area contributed by atoms with Crippen molar-refractivity contribution in [3.05, 3.63) is 51.3 Å². The Labute approximate surface area is 188 Å². The third-order valence-corrected chi connectivity index (χ3v) is 9.92. The van der Waals surface area contributed by atoms with E-state index in [1.165, 1.54) is 9.36 Å². The van der Waals surface area contributed by atoms with Crippen LogP contribution in [0.3, 0.4) is 0 Å². The summed E-state index contributed by atoms with van der Waals surface area (Å²) in [5.41, 5.74) is -2.05. The fourth-order valence-electron chi connectivity index (χ4n) is 8.21. The molecule has 0 amide bonds. The summed E-state index contributed by atoms with van der Waals surface area (Å²) in [5.74, 6) is 0.427. The smallest absolute Gasteiger partial charge is 0.270 e. The monoisotopic (exact) mass is 495 g/mol. The van der Waals surface area contributed by atoms with E-state index in [4.69, 9.17) is 8.37 Å². The molecule has 1 aromatic heterocycles. The lowest BCUT2D eigenvalue weighted by Crippen LogP contribution is -2.55. The van der Waals surface area contributed by atoms with E-state index in [9.17, 15) is 26.4 Å². The molecule has 13 heteroatoms.